The molecule has 1 unspecified atom stereocenters. The highest BCUT2D eigenvalue weighted by Gasteiger charge is 2.21. The molecule has 1 saturated heterocycles. The quantitative estimate of drug-likeness (QED) is 0.846. The highest BCUT2D eigenvalue weighted by Crippen LogP contribution is 2.16. The monoisotopic (exact) mass is 238 g/mol. The highest BCUT2D eigenvalue weighted by atomic mass is 32.1. The van der Waals surface area contributed by atoms with E-state index in [4.69, 9.17) is 0 Å². The van der Waals surface area contributed by atoms with Crippen molar-refractivity contribution in [2.24, 2.45) is 0 Å². The lowest BCUT2D eigenvalue weighted by molar-refractivity contribution is -0.124. The van der Waals surface area contributed by atoms with Gasteiger partial charge in [0.1, 0.15) is 0 Å². The maximum absolute atomic E-state index is 11.9. The van der Waals surface area contributed by atoms with Crippen molar-refractivity contribution < 1.29 is 4.79 Å². The second-order valence-corrected chi connectivity index (χ2v) is 5.07. The van der Waals surface area contributed by atoms with Gasteiger partial charge in [-0.1, -0.05) is 6.42 Å². The molecule has 0 spiro atoms. The van der Waals surface area contributed by atoms with Crippen molar-refractivity contribution in [1.29, 1.82) is 0 Å². The van der Waals surface area contributed by atoms with Gasteiger partial charge in [-0.2, -0.15) is 11.3 Å². The van der Waals surface area contributed by atoms with Gasteiger partial charge < -0.3 is 10.6 Å². The van der Waals surface area contributed by atoms with Crippen molar-refractivity contribution >= 4 is 17.2 Å². The highest BCUT2D eigenvalue weighted by molar-refractivity contribution is 7.07. The summed E-state index contributed by atoms with van der Waals surface area (Å²) >= 11 is 1.66. The number of thiophene rings is 1. The fraction of sp³-hybridized carbons (Fsp3) is 0.583. The normalized spacial score (nSPS) is 22.7. The number of hydrogen-bond donors (Lipinski definition) is 2. The largest absolute Gasteiger partial charge is 0.348 e. The van der Waals surface area contributed by atoms with Crippen LogP contribution in [0.25, 0.3) is 0 Å². The molecule has 2 atom stereocenters. The van der Waals surface area contributed by atoms with E-state index in [0.717, 1.165) is 19.4 Å². The second-order valence-electron chi connectivity index (χ2n) is 4.29. The summed E-state index contributed by atoms with van der Waals surface area (Å²) in [4.78, 5) is 11.9. The molecule has 1 amide bonds. The van der Waals surface area contributed by atoms with Crippen LogP contribution in [0.15, 0.2) is 16.8 Å². The van der Waals surface area contributed by atoms with Gasteiger partial charge in [0.25, 0.3) is 0 Å². The van der Waals surface area contributed by atoms with Gasteiger partial charge in [0, 0.05) is 0 Å². The fourth-order valence-corrected chi connectivity index (χ4v) is 2.75. The van der Waals surface area contributed by atoms with E-state index < -0.39 is 0 Å². The maximum atomic E-state index is 11.9. The van der Waals surface area contributed by atoms with Crippen LogP contribution in [0.1, 0.15) is 37.8 Å². The van der Waals surface area contributed by atoms with Crippen molar-refractivity contribution in [3.8, 4) is 0 Å². The standard InChI is InChI=1S/C12H18N2OS/c1-9(10-5-7-16-8-10)14-12(15)11-4-2-3-6-13-11/h5,7-9,11,13H,2-4,6H2,1H3,(H,14,15)/t9?,11-/m0/s1. The first-order chi connectivity index (χ1) is 7.77. The summed E-state index contributed by atoms with van der Waals surface area (Å²) in [5.41, 5.74) is 1.19. The molecule has 16 heavy (non-hydrogen) atoms. The molecule has 4 heteroatoms. The summed E-state index contributed by atoms with van der Waals surface area (Å²) in [5.74, 6) is 0.137. The zero-order valence-electron chi connectivity index (χ0n) is 9.53. The molecular formula is C12H18N2OS. The molecule has 0 saturated carbocycles. The van der Waals surface area contributed by atoms with E-state index in [1.165, 1.54) is 12.0 Å². The molecular weight excluding hydrogens is 220 g/mol. The van der Waals surface area contributed by atoms with Gasteiger partial charge in [0.15, 0.2) is 0 Å². The Kier molecular flexibility index (Phi) is 3.96. The van der Waals surface area contributed by atoms with Crippen LogP contribution in [-0.4, -0.2) is 18.5 Å². The van der Waals surface area contributed by atoms with Crippen molar-refractivity contribution in [2.75, 3.05) is 6.54 Å². The first-order valence-electron chi connectivity index (χ1n) is 5.83. The number of piperidine rings is 1. The Bertz CT molecular complexity index is 331. The van der Waals surface area contributed by atoms with Crippen LogP contribution in [0.4, 0.5) is 0 Å². The lowest BCUT2D eigenvalue weighted by Gasteiger charge is -2.24. The van der Waals surface area contributed by atoms with Crippen LogP contribution in [-0.2, 0) is 4.79 Å². The van der Waals surface area contributed by atoms with Gasteiger partial charge in [0.2, 0.25) is 5.91 Å². The minimum absolute atomic E-state index is 0.00911. The summed E-state index contributed by atoms with van der Waals surface area (Å²) in [6.45, 7) is 2.99. The van der Waals surface area contributed by atoms with Crippen molar-refractivity contribution in [1.82, 2.24) is 10.6 Å². The third kappa shape index (κ3) is 2.83. The third-order valence-corrected chi connectivity index (χ3v) is 3.73. The molecule has 1 aliphatic rings. The summed E-state index contributed by atoms with van der Waals surface area (Å²) in [7, 11) is 0. The number of nitrogens with one attached hydrogen (secondary N) is 2. The molecule has 88 valence electrons. The fourth-order valence-electron chi connectivity index (χ4n) is 1.99. The Morgan fingerprint density at radius 2 is 2.50 bits per heavy atom. The molecule has 0 bridgehead atoms. The first-order valence-corrected chi connectivity index (χ1v) is 6.77. The molecule has 0 aromatic carbocycles. The van der Waals surface area contributed by atoms with E-state index in [1.807, 2.05) is 12.3 Å². The minimum atomic E-state index is 0.00911. The zero-order chi connectivity index (χ0) is 11.4. The number of rotatable bonds is 3. The van der Waals surface area contributed by atoms with Gasteiger partial charge >= 0.3 is 0 Å². The number of carbonyl (C=O) groups excluding carboxylic acids is 1. The molecule has 1 aromatic heterocycles. The predicted octanol–water partition coefficient (Wildman–Crippen LogP) is 2.07. The molecule has 2 N–H and O–H groups in total. The number of carbonyl (C=O) groups is 1. The van der Waals surface area contributed by atoms with Crippen molar-refractivity contribution in [3.05, 3.63) is 22.4 Å². The molecule has 0 radical (unpaired) electrons. The lowest BCUT2D eigenvalue weighted by atomic mass is 10.0. The van der Waals surface area contributed by atoms with Gasteiger partial charge in [-0.3, -0.25) is 4.79 Å². The minimum Gasteiger partial charge on any atom is -0.348 e. The van der Waals surface area contributed by atoms with E-state index in [1.54, 1.807) is 11.3 Å². The van der Waals surface area contributed by atoms with Crippen LogP contribution < -0.4 is 10.6 Å². The average molecular weight is 238 g/mol. The predicted molar refractivity (Wildman–Crippen MR) is 66.5 cm³/mol. The Balaban J connectivity index is 1.86. The topological polar surface area (TPSA) is 41.1 Å². The SMILES string of the molecule is CC(NC(=O)[C@@H]1CCCCN1)c1ccsc1. The Morgan fingerprint density at radius 1 is 1.62 bits per heavy atom. The van der Waals surface area contributed by atoms with E-state index >= 15 is 0 Å². The molecule has 1 aliphatic heterocycles. The third-order valence-electron chi connectivity index (χ3n) is 3.03. The Hall–Kier alpha value is -0.870. The lowest BCUT2D eigenvalue weighted by Crippen LogP contribution is -2.47. The van der Waals surface area contributed by atoms with Crippen molar-refractivity contribution in [2.45, 2.75) is 38.3 Å². The Labute approximate surface area is 100 Å². The first kappa shape index (κ1) is 11.6. The van der Waals surface area contributed by atoms with E-state index in [0.29, 0.717) is 0 Å². The molecule has 1 fully saturated rings. The van der Waals surface area contributed by atoms with Gasteiger partial charge in [-0.25, -0.2) is 0 Å². The molecule has 1 aromatic rings. The molecule has 3 nitrogen and oxygen atoms in total. The van der Waals surface area contributed by atoms with E-state index in [9.17, 15) is 4.79 Å². The number of hydrogen-bond acceptors (Lipinski definition) is 3. The van der Waals surface area contributed by atoms with E-state index in [2.05, 4.69) is 22.1 Å². The summed E-state index contributed by atoms with van der Waals surface area (Å²) in [6.07, 6.45) is 3.30. The molecule has 2 heterocycles. The number of amides is 1. The molecule has 0 aliphatic carbocycles. The van der Waals surface area contributed by atoms with E-state index in [-0.39, 0.29) is 18.0 Å². The van der Waals surface area contributed by atoms with Gasteiger partial charge in [0.05, 0.1) is 12.1 Å². The molecule has 2 rings (SSSR count). The van der Waals surface area contributed by atoms with Gasteiger partial charge in [-0.05, 0) is 48.7 Å². The van der Waals surface area contributed by atoms with Crippen LogP contribution in [0.5, 0.6) is 0 Å². The summed E-state index contributed by atoms with van der Waals surface area (Å²) in [5, 5.41) is 10.4. The zero-order valence-corrected chi connectivity index (χ0v) is 10.3. The Morgan fingerprint density at radius 3 is 3.12 bits per heavy atom. The summed E-state index contributed by atoms with van der Waals surface area (Å²) < 4.78 is 0. The van der Waals surface area contributed by atoms with Crippen LogP contribution in [0.3, 0.4) is 0 Å². The van der Waals surface area contributed by atoms with Crippen LogP contribution >= 0.6 is 11.3 Å². The second kappa shape index (κ2) is 5.46. The summed E-state index contributed by atoms with van der Waals surface area (Å²) in [6, 6.07) is 2.18. The van der Waals surface area contributed by atoms with Crippen molar-refractivity contribution in [3.63, 3.8) is 0 Å². The average Bonchev–Trinajstić information content (AvgIpc) is 2.83. The smallest absolute Gasteiger partial charge is 0.237 e. The van der Waals surface area contributed by atoms with Crippen LogP contribution in [0, 0.1) is 0 Å². The maximum Gasteiger partial charge on any atom is 0.237 e. The van der Waals surface area contributed by atoms with Crippen LogP contribution in [0.2, 0.25) is 0 Å². The van der Waals surface area contributed by atoms with Gasteiger partial charge in [-0.15, -0.1) is 0 Å².